The molecule has 1 aromatic heterocycles. The van der Waals surface area contributed by atoms with Gasteiger partial charge in [-0.3, -0.25) is 0 Å². The lowest BCUT2D eigenvalue weighted by atomic mass is 10.2. The summed E-state index contributed by atoms with van der Waals surface area (Å²) in [5.74, 6) is -1.12. The van der Waals surface area contributed by atoms with Crippen molar-refractivity contribution in [2.24, 2.45) is 0 Å². The summed E-state index contributed by atoms with van der Waals surface area (Å²) in [6, 6.07) is 5.04. The van der Waals surface area contributed by atoms with E-state index in [9.17, 15) is 8.78 Å². The zero-order chi connectivity index (χ0) is 13.1. The molecule has 2 aromatic rings. The third-order valence-electron chi connectivity index (χ3n) is 2.34. The highest BCUT2D eigenvalue weighted by atomic mass is 79.9. The minimum absolute atomic E-state index is 0.0430. The Labute approximate surface area is 112 Å². The van der Waals surface area contributed by atoms with Crippen LogP contribution in [-0.4, -0.2) is 4.98 Å². The van der Waals surface area contributed by atoms with E-state index in [4.69, 9.17) is 4.74 Å². The van der Waals surface area contributed by atoms with Crippen molar-refractivity contribution in [1.82, 2.24) is 4.98 Å². The van der Waals surface area contributed by atoms with E-state index < -0.39 is 11.6 Å². The number of nitrogens with zero attached hydrogens (tertiary/aromatic N) is 1. The van der Waals surface area contributed by atoms with Crippen LogP contribution in [-0.2, 0) is 5.33 Å². The van der Waals surface area contributed by atoms with E-state index in [0.29, 0.717) is 11.2 Å². The molecule has 0 aliphatic carbocycles. The van der Waals surface area contributed by atoms with E-state index in [2.05, 4.69) is 20.9 Å². The molecule has 0 N–H and O–H groups in total. The van der Waals surface area contributed by atoms with Gasteiger partial charge in [-0.25, -0.2) is 13.8 Å². The fraction of sp³-hybridized carbons (Fsp3) is 0.154. The number of aromatic nitrogens is 1. The molecule has 0 fully saturated rings. The van der Waals surface area contributed by atoms with Crippen molar-refractivity contribution >= 4 is 15.9 Å². The third kappa shape index (κ3) is 2.85. The van der Waals surface area contributed by atoms with Crippen molar-refractivity contribution in [1.29, 1.82) is 0 Å². The smallest absolute Gasteiger partial charge is 0.222 e. The Hall–Kier alpha value is -1.49. The first-order valence-electron chi connectivity index (χ1n) is 5.24. The predicted molar refractivity (Wildman–Crippen MR) is 68.0 cm³/mol. The molecule has 1 aromatic carbocycles. The van der Waals surface area contributed by atoms with Crippen LogP contribution in [0.3, 0.4) is 0 Å². The monoisotopic (exact) mass is 313 g/mol. The molecule has 0 atom stereocenters. The van der Waals surface area contributed by atoms with Crippen molar-refractivity contribution in [2.45, 2.75) is 12.3 Å². The van der Waals surface area contributed by atoms with E-state index in [1.54, 1.807) is 6.20 Å². The maximum atomic E-state index is 13.4. The van der Waals surface area contributed by atoms with Crippen LogP contribution in [0, 0.1) is 18.6 Å². The maximum Gasteiger partial charge on any atom is 0.222 e. The highest BCUT2D eigenvalue weighted by Gasteiger charge is 2.09. The van der Waals surface area contributed by atoms with E-state index in [1.165, 1.54) is 6.07 Å². The Morgan fingerprint density at radius 3 is 2.67 bits per heavy atom. The van der Waals surface area contributed by atoms with Gasteiger partial charge in [-0.1, -0.05) is 15.9 Å². The number of pyridine rings is 1. The van der Waals surface area contributed by atoms with Gasteiger partial charge in [-0.2, -0.15) is 0 Å². The van der Waals surface area contributed by atoms with Crippen LogP contribution in [0.2, 0.25) is 0 Å². The molecule has 0 aliphatic heterocycles. The zero-order valence-electron chi connectivity index (χ0n) is 9.58. The second-order valence-electron chi connectivity index (χ2n) is 3.78. The highest BCUT2D eigenvalue weighted by molar-refractivity contribution is 9.08. The van der Waals surface area contributed by atoms with Crippen molar-refractivity contribution in [3.05, 3.63) is 53.2 Å². The molecule has 0 saturated heterocycles. The predicted octanol–water partition coefficient (Wildman–Crippen LogP) is 4.36. The van der Waals surface area contributed by atoms with Crippen LogP contribution < -0.4 is 4.74 Å². The number of hydrogen-bond donors (Lipinski definition) is 0. The molecule has 94 valence electrons. The molecule has 0 saturated carbocycles. The Morgan fingerprint density at radius 2 is 2.06 bits per heavy atom. The van der Waals surface area contributed by atoms with Crippen molar-refractivity contribution in [3.63, 3.8) is 0 Å². The topological polar surface area (TPSA) is 22.1 Å². The van der Waals surface area contributed by atoms with Gasteiger partial charge in [0, 0.05) is 23.2 Å². The van der Waals surface area contributed by atoms with Crippen LogP contribution in [0.25, 0.3) is 0 Å². The fourth-order valence-corrected chi connectivity index (χ4v) is 1.77. The van der Waals surface area contributed by atoms with Gasteiger partial charge in [0.15, 0.2) is 11.6 Å². The van der Waals surface area contributed by atoms with Gasteiger partial charge < -0.3 is 4.74 Å². The molecule has 0 aliphatic rings. The van der Waals surface area contributed by atoms with Gasteiger partial charge in [0.2, 0.25) is 5.88 Å². The number of aryl methyl sites for hydroxylation is 1. The van der Waals surface area contributed by atoms with E-state index >= 15 is 0 Å². The van der Waals surface area contributed by atoms with Gasteiger partial charge in [0.25, 0.3) is 0 Å². The van der Waals surface area contributed by atoms with Crippen molar-refractivity contribution < 1.29 is 13.5 Å². The van der Waals surface area contributed by atoms with E-state index in [1.807, 2.05) is 13.0 Å². The van der Waals surface area contributed by atoms with Gasteiger partial charge >= 0.3 is 0 Å². The molecule has 0 unspecified atom stereocenters. The van der Waals surface area contributed by atoms with Crippen LogP contribution in [0.5, 0.6) is 11.6 Å². The highest BCUT2D eigenvalue weighted by Crippen LogP contribution is 2.26. The molecule has 0 bridgehead atoms. The van der Waals surface area contributed by atoms with Gasteiger partial charge in [0.05, 0.1) is 0 Å². The quantitative estimate of drug-likeness (QED) is 0.786. The molecule has 0 radical (unpaired) electrons. The first-order chi connectivity index (χ1) is 8.60. The Balaban J connectivity index is 2.28. The summed E-state index contributed by atoms with van der Waals surface area (Å²) >= 11 is 3.32. The Bertz CT molecular complexity index is 575. The third-order valence-corrected chi connectivity index (χ3v) is 2.99. The SMILES string of the molecule is Cc1cc(CBr)cnc1Oc1ccc(F)cc1F. The van der Waals surface area contributed by atoms with Crippen molar-refractivity contribution in [3.8, 4) is 11.6 Å². The largest absolute Gasteiger partial charge is 0.436 e. The summed E-state index contributed by atoms with van der Waals surface area (Å²) in [6.07, 6.45) is 1.64. The maximum absolute atomic E-state index is 13.4. The van der Waals surface area contributed by atoms with Crippen LogP contribution in [0.15, 0.2) is 30.5 Å². The number of ether oxygens (including phenoxy) is 1. The van der Waals surface area contributed by atoms with E-state index in [-0.39, 0.29) is 5.75 Å². The molecule has 2 rings (SSSR count). The summed E-state index contributed by atoms with van der Waals surface area (Å²) in [5, 5.41) is 0.687. The summed E-state index contributed by atoms with van der Waals surface area (Å²) in [4.78, 5) is 4.10. The lowest BCUT2D eigenvalue weighted by Gasteiger charge is -2.09. The minimum atomic E-state index is -0.749. The molecular formula is C13H10BrF2NO. The number of hydrogen-bond acceptors (Lipinski definition) is 2. The average molecular weight is 314 g/mol. The normalized spacial score (nSPS) is 10.4. The summed E-state index contributed by atoms with van der Waals surface area (Å²) < 4.78 is 31.5. The molecule has 2 nitrogen and oxygen atoms in total. The van der Waals surface area contributed by atoms with Crippen LogP contribution in [0.1, 0.15) is 11.1 Å². The molecule has 0 amide bonds. The number of rotatable bonds is 3. The fourth-order valence-electron chi connectivity index (χ4n) is 1.46. The second kappa shape index (κ2) is 5.44. The Morgan fingerprint density at radius 1 is 1.28 bits per heavy atom. The molecular weight excluding hydrogens is 304 g/mol. The number of alkyl halides is 1. The van der Waals surface area contributed by atoms with Crippen LogP contribution in [0.4, 0.5) is 8.78 Å². The Kier molecular flexibility index (Phi) is 3.91. The molecule has 5 heteroatoms. The van der Waals surface area contributed by atoms with Gasteiger partial charge in [0.1, 0.15) is 5.82 Å². The summed E-state index contributed by atoms with van der Waals surface area (Å²) in [6.45, 7) is 1.82. The van der Waals surface area contributed by atoms with E-state index in [0.717, 1.165) is 23.3 Å². The van der Waals surface area contributed by atoms with Crippen LogP contribution >= 0.6 is 15.9 Å². The first kappa shape index (κ1) is 13.0. The average Bonchev–Trinajstić information content (AvgIpc) is 2.34. The lowest BCUT2D eigenvalue weighted by Crippen LogP contribution is -1.95. The minimum Gasteiger partial charge on any atom is -0.436 e. The molecule has 0 spiro atoms. The summed E-state index contributed by atoms with van der Waals surface area (Å²) in [7, 11) is 0. The van der Waals surface area contributed by atoms with Crippen molar-refractivity contribution in [2.75, 3.05) is 0 Å². The second-order valence-corrected chi connectivity index (χ2v) is 4.34. The molecule has 1 heterocycles. The zero-order valence-corrected chi connectivity index (χ0v) is 11.2. The number of benzene rings is 1. The molecule has 18 heavy (non-hydrogen) atoms. The number of halogens is 3. The standard InChI is InChI=1S/C13H10BrF2NO/c1-8-4-9(6-14)7-17-13(8)18-12-3-2-10(15)5-11(12)16/h2-5,7H,6H2,1H3. The lowest BCUT2D eigenvalue weighted by molar-refractivity contribution is 0.420. The van der Waals surface area contributed by atoms with Gasteiger partial charge in [-0.05, 0) is 30.7 Å². The van der Waals surface area contributed by atoms with Gasteiger partial charge in [-0.15, -0.1) is 0 Å². The summed E-state index contributed by atoms with van der Waals surface area (Å²) in [5.41, 5.74) is 1.79. The first-order valence-corrected chi connectivity index (χ1v) is 6.36.